The third-order valence-electron chi connectivity index (χ3n) is 5.23. The molecule has 1 heterocycles. The number of hydrogen-bond donors (Lipinski definition) is 2. The summed E-state index contributed by atoms with van der Waals surface area (Å²) in [6.07, 6.45) is 10.2. The lowest BCUT2D eigenvalue weighted by molar-refractivity contribution is 0.279. The third-order valence-corrected chi connectivity index (χ3v) is 5.23. The Kier molecular flexibility index (Phi) is 7.50. The van der Waals surface area contributed by atoms with E-state index in [0.29, 0.717) is 11.7 Å². The number of likely N-dealkylation sites (tertiary alicyclic amines) is 1. The highest BCUT2D eigenvalue weighted by Gasteiger charge is 2.19. The predicted octanol–water partition coefficient (Wildman–Crippen LogP) is 6.43. The number of allylic oxidation sites excluding steroid dienone is 4. The van der Waals surface area contributed by atoms with Gasteiger partial charge in [0.15, 0.2) is 0 Å². The molecule has 0 spiro atoms. The topological polar surface area (TPSA) is 27.3 Å². The molecule has 3 nitrogen and oxygen atoms in total. The number of hydrogen-bond acceptors (Lipinski definition) is 3. The van der Waals surface area contributed by atoms with Gasteiger partial charge in [-0.15, -0.1) is 0 Å². The van der Waals surface area contributed by atoms with E-state index in [1.165, 1.54) is 17.8 Å². The lowest BCUT2D eigenvalue weighted by Gasteiger charge is -2.35. The van der Waals surface area contributed by atoms with Crippen LogP contribution in [0.25, 0.3) is 5.70 Å². The van der Waals surface area contributed by atoms with Gasteiger partial charge in [-0.1, -0.05) is 43.5 Å². The summed E-state index contributed by atoms with van der Waals surface area (Å²) in [6, 6.07) is 15.0. The molecule has 0 amide bonds. The Morgan fingerprint density at radius 1 is 1.10 bits per heavy atom. The summed E-state index contributed by atoms with van der Waals surface area (Å²) in [5.41, 5.74) is 4.65. The van der Waals surface area contributed by atoms with Crippen molar-refractivity contribution >= 4 is 17.1 Å². The summed E-state index contributed by atoms with van der Waals surface area (Å²) in [6.45, 7) is 12.1. The molecule has 4 heteroatoms. The first-order valence-electron chi connectivity index (χ1n) is 10.4. The van der Waals surface area contributed by atoms with Gasteiger partial charge in [-0.3, -0.25) is 0 Å². The molecule has 1 saturated heterocycles. The summed E-state index contributed by atoms with van der Waals surface area (Å²) in [5, 5.41) is 6.84. The van der Waals surface area contributed by atoms with Crippen molar-refractivity contribution in [1.29, 1.82) is 0 Å². The number of piperidine rings is 1. The Balaban J connectivity index is 1.58. The Morgan fingerprint density at radius 3 is 2.53 bits per heavy atom. The molecule has 0 aliphatic carbocycles. The summed E-state index contributed by atoms with van der Waals surface area (Å²) < 4.78 is 13.4. The second-order valence-electron chi connectivity index (χ2n) is 7.42. The average Bonchev–Trinajstić information content (AvgIpc) is 2.75. The standard InChI is InChI=1S/C26H30FN3/c1-4-6-13-26(5-2)30-16-14-23(15-17-30)29-24-11-7-9-21(18-24)20(3)28-25-12-8-10-22(27)19-25/h4-13,18-19,23,28-29H,2-3,14-17H2,1H3/b6-4-,26-13+. The van der Waals surface area contributed by atoms with E-state index in [1.54, 1.807) is 6.07 Å². The second-order valence-corrected chi connectivity index (χ2v) is 7.42. The van der Waals surface area contributed by atoms with Gasteiger partial charge in [-0.05, 0) is 67.8 Å². The summed E-state index contributed by atoms with van der Waals surface area (Å²) in [4.78, 5) is 2.38. The Hall–Kier alpha value is -3.27. The number of nitrogens with one attached hydrogen (secondary N) is 2. The van der Waals surface area contributed by atoms with Crippen LogP contribution in [0.3, 0.4) is 0 Å². The molecule has 0 unspecified atom stereocenters. The van der Waals surface area contributed by atoms with E-state index in [4.69, 9.17) is 0 Å². The lowest BCUT2D eigenvalue weighted by Crippen LogP contribution is -2.38. The molecule has 1 fully saturated rings. The third kappa shape index (κ3) is 5.86. The van der Waals surface area contributed by atoms with Gasteiger partial charge in [0.2, 0.25) is 0 Å². The van der Waals surface area contributed by atoms with Crippen LogP contribution in [0.1, 0.15) is 25.3 Å². The molecule has 156 valence electrons. The molecule has 3 rings (SSSR count). The van der Waals surface area contributed by atoms with Gasteiger partial charge in [0.1, 0.15) is 5.82 Å². The number of rotatable bonds is 8. The number of benzene rings is 2. The van der Waals surface area contributed by atoms with Crippen molar-refractivity contribution < 1.29 is 4.39 Å². The molecule has 0 aromatic heterocycles. The number of nitrogens with zero attached hydrogens (tertiary/aromatic N) is 1. The van der Waals surface area contributed by atoms with Crippen molar-refractivity contribution in [2.45, 2.75) is 25.8 Å². The molecular weight excluding hydrogens is 373 g/mol. The van der Waals surface area contributed by atoms with Gasteiger partial charge in [0.25, 0.3) is 0 Å². The highest BCUT2D eigenvalue weighted by molar-refractivity contribution is 5.76. The first kappa shape index (κ1) is 21.4. The maximum Gasteiger partial charge on any atom is 0.125 e. The largest absolute Gasteiger partial charge is 0.382 e. The minimum atomic E-state index is -0.269. The summed E-state index contributed by atoms with van der Waals surface area (Å²) in [5.74, 6) is -0.269. The van der Waals surface area contributed by atoms with Gasteiger partial charge in [0.05, 0.1) is 0 Å². The minimum Gasteiger partial charge on any atom is -0.382 e. The van der Waals surface area contributed by atoms with E-state index in [2.05, 4.69) is 53.0 Å². The van der Waals surface area contributed by atoms with Gasteiger partial charge in [-0.2, -0.15) is 0 Å². The Bertz CT molecular complexity index is 937. The highest BCUT2D eigenvalue weighted by Crippen LogP contribution is 2.23. The van der Waals surface area contributed by atoms with Crippen molar-refractivity contribution in [3.63, 3.8) is 0 Å². The van der Waals surface area contributed by atoms with Crippen LogP contribution in [-0.4, -0.2) is 24.0 Å². The normalized spacial score (nSPS) is 15.3. The van der Waals surface area contributed by atoms with Crippen LogP contribution < -0.4 is 10.6 Å². The van der Waals surface area contributed by atoms with E-state index in [1.807, 2.05) is 37.3 Å². The van der Waals surface area contributed by atoms with Crippen LogP contribution in [0.2, 0.25) is 0 Å². The van der Waals surface area contributed by atoms with Crippen molar-refractivity contribution in [1.82, 2.24) is 4.90 Å². The zero-order valence-corrected chi connectivity index (χ0v) is 17.6. The lowest BCUT2D eigenvalue weighted by atomic mass is 10.0. The zero-order valence-electron chi connectivity index (χ0n) is 17.6. The van der Waals surface area contributed by atoms with Crippen LogP contribution in [0, 0.1) is 5.82 Å². The molecular formula is C26H30FN3. The van der Waals surface area contributed by atoms with E-state index in [-0.39, 0.29) is 5.82 Å². The van der Waals surface area contributed by atoms with Gasteiger partial charge in [-0.25, -0.2) is 4.39 Å². The highest BCUT2D eigenvalue weighted by atomic mass is 19.1. The molecule has 0 bridgehead atoms. The maximum absolute atomic E-state index is 13.4. The molecule has 0 atom stereocenters. The fourth-order valence-corrected chi connectivity index (χ4v) is 3.62. The van der Waals surface area contributed by atoms with Crippen LogP contribution in [0.5, 0.6) is 0 Å². The van der Waals surface area contributed by atoms with Crippen molar-refractivity contribution in [2.75, 3.05) is 23.7 Å². The molecule has 2 aromatic carbocycles. The predicted molar refractivity (Wildman–Crippen MR) is 127 cm³/mol. The molecule has 0 saturated carbocycles. The fraction of sp³-hybridized carbons (Fsp3) is 0.231. The average molecular weight is 404 g/mol. The van der Waals surface area contributed by atoms with Crippen molar-refractivity contribution in [2.24, 2.45) is 0 Å². The fourth-order valence-electron chi connectivity index (χ4n) is 3.62. The second kappa shape index (κ2) is 10.5. The minimum absolute atomic E-state index is 0.269. The van der Waals surface area contributed by atoms with E-state index in [0.717, 1.165) is 42.9 Å². The van der Waals surface area contributed by atoms with Crippen molar-refractivity contribution in [3.8, 4) is 0 Å². The molecule has 30 heavy (non-hydrogen) atoms. The first-order valence-corrected chi connectivity index (χ1v) is 10.4. The van der Waals surface area contributed by atoms with E-state index >= 15 is 0 Å². The molecule has 0 radical (unpaired) electrons. The molecule has 1 aliphatic heterocycles. The number of anilines is 2. The van der Waals surface area contributed by atoms with Crippen LogP contribution >= 0.6 is 0 Å². The van der Waals surface area contributed by atoms with Crippen LogP contribution in [0.4, 0.5) is 15.8 Å². The SMILES string of the molecule is C=C/C(=C\C=C/C)N1CCC(Nc2cccc(C(=C)Nc3cccc(F)c3)c2)CC1. The Morgan fingerprint density at radius 2 is 1.83 bits per heavy atom. The van der Waals surface area contributed by atoms with Gasteiger partial charge < -0.3 is 15.5 Å². The number of halogens is 1. The molecule has 2 N–H and O–H groups in total. The maximum atomic E-state index is 13.4. The Labute approximate surface area is 179 Å². The van der Waals surface area contributed by atoms with Crippen LogP contribution in [-0.2, 0) is 0 Å². The van der Waals surface area contributed by atoms with Crippen molar-refractivity contribution in [3.05, 3.63) is 103 Å². The first-order chi connectivity index (χ1) is 14.6. The van der Waals surface area contributed by atoms with Crippen LogP contribution in [0.15, 0.2) is 91.7 Å². The smallest absolute Gasteiger partial charge is 0.125 e. The molecule has 2 aromatic rings. The summed E-state index contributed by atoms with van der Waals surface area (Å²) >= 11 is 0. The van der Waals surface area contributed by atoms with E-state index < -0.39 is 0 Å². The monoisotopic (exact) mass is 403 g/mol. The molecule has 1 aliphatic rings. The van der Waals surface area contributed by atoms with Gasteiger partial charge >= 0.3 is 0 Å². The summed E-state index contributed by atoms with van der Waals surface area (Å²) in [7, 11) is 0. The van der Waals surface area contributed by atoms with Gasteiger partial charge in [0, 0.05) is 41.9 Å². The van der Waals surface area contributed by atoms with E-state index in [9.17, 15) is 4.39 Å². The quantitative estimate of drug-likeness (QED) is 0.497. The zero-order chi connectivity index (χ0) is 21.3.